The van der Waals surface area contributed by atoms with Gasteiger partial charge >= 0.3 is 6.36 Å². The number of nitrogens with one attached hydrogen (secondary N) is 3. The van der Waals surface area contributed by atoms with Gasteiger partial charge in [0.05, 0.1) is 5.69 Å². The van der Waals surface area contributed by atoms with E-state index in [9.17, 15) is 18.0 Å². The van der Waals surface area contributed by atoms with Crippen LogP contribution in [0, 0.1) is 0 Å². The average molecular weight is 334 g/mol. The standard InChI is InChI=1S/C12H13F3N4O2S/c1-2-7-16-11(22)17-18-19(8-20)9-3-5-10(6-4-9)21-12(13,14)15/h2-6,8,18H,1,7H2,(H2,16,17,22). The predicted octanol–water partition coefficient (Wildman–Crippen LogP) is 1.62. The first-order valence-electron chi connectivity index (χ1n) is 5.86. The Balaban J connectivity index is 2.61. The van der Waals surface area contributed by atoms with Crippen LogP contribution in [0.15, 0.2) is 36.9 Å². The molecule has 0 aliphatic carbocycles. The summed E-state index contributed by atoms with van der Waals surface area (Å²) in [5.74, 6) is -0.391. The molecule has 3 N–H and O–H groups in total. The first-order valence-corrected chi connectivity index (χ1v) is 6.27. The summed E-state index contributed by atoms with van der Waals surface area (Å²) in [6.45, 7) is 3.92. The van der Waals surface area contributed by atoms with Crippen LogP contribution in [0.3, 0.4) is 0 Å². The van der Waals surface area contributed by atoms with E-state index in [1.807, 2.05) is 0 Å². The molecule has 1 aromatic rings. The summed E-state index contributed by atoms with van der Waals surface area (Å²) >= 11 is 4.90. The van der Waals surface area contributed by atoms with Gasteiger partial charge in [0.15, 0.2) is 5.11 Å². The van der Waals surface area contributed by atoms with Crippen molar-refractivity contribution in [2.24, 2.45) is 0 Å². The summed E-state index contributed by atoms with van der Waals surface area (Å²) in [5, 5.41) is 3.95. The Morgan fingerprint density at radius 3 is 2.50 bits per heavy atom. The van der Waals surface area contributed by atoms with Gasteiger partial charge in [-0.2, -0.15) is 0 Å². The summed E-state index contributed by atoms with van der Waals surface area (Å²) < 4.78 is 39.8. The zero-order valence-electron chi connectivity index (χ0n) is 11.2. The maximum Gasteiger partial charge on any atom is 0.573 e. The van der Waals surface area contributed by atoms with Gasteiger partial charge in [-0.3, -0.25) is 10.2 Å². The van der Waals surface area contributed by atoms with Crippen molar-refractivity contribution in [1.82, 2.24) is 16.3 Å². The Hall–Kier alpha value is -2.33. The number of hydrogen-bond donors (Lipinski definition) is 3. The van der Waals surface area contributed by atoms with Crippen molar-refractivity contribution >= 4 is 29.4 Å². The fourth-order valence-corrected chi connectivity index (χ4v) is 1.41. The SMILES string of the molecule is C=CCNC(=S)NNN(C=O)c1ccc(OC(F)(F)F)cc1. The van der Waals surface area contributed by atoms with Crippen LogP contribution in [0.5, 0.6) is 5.75 Å². The van der Waals surface area contributed by atoms with Gasteiger partial charge in [0.1, 0.15) is 5.75 Å². The van der Waals surface area contributed by atoms with Gasteiger partial charge in [0.25, 0.3) is 0 Å². The Labute approximate surface area is 129 Å². The molecule has 6 nitrogen and oxygen atoms in total. The van der Waals surface area contributed by atoms with Crippen LogP contribution in [0.4, 0.5) is 18.9 Å². The Kier molecular flexibility index (Phi) is 6.60. The number of nitrogens with zero attached hydrogens (tertiary/aromatic N) is 1. The third kappa shape index (κ3) is 6.41. The number of ether oxygens (including phenoxy) is 1. The minimum Gasteiger partial charge on any atom is -0.406 e. The van der Waals surface area contributed by atoms with E-state index < -0.39 is 12.1 Å². The van der Waals surface area contributed by atoms with Gasteiger partial charge in [-0.15, -0.1) is 25.3 Å². The Morgan fingerprint density at radius 2 is 2.00 bits per heavy atom. The molecule has 0 radical (unpaired) electrons. The third-order valence-electron chi connectivity index (χ3n) is 2.15. The van der Waals surface area contributed by atoms with Crippen LogP contribution in [0.1, 0.15) is 0 Å². The Morgan fingerprint density at radius 1 is 1.36 bits per heavy atom. The van der Waals surface area contributed by atoms with Gasteiger partial charge in [-0.25, -0.2) is 5.01 Å². The molecule has 0 spiro atoms. The number of thiocarbonyl (C=S) groups is 1. The van der Waals surface area contributed by atoms with Crippen molar-refractivity contribution in [2.75, 3.05) is 11.6 Å². The number of hydrazine groups is 2. The van der Waals surface area contributed by atoms with E-state index in [2.05, 4.69) is 27.6 Å². The third-order valence-corrected chi connectivity index (χ3v) is 2.40. The van der Waals surface area contributed by atoms with Crippen LogP contribution in [-0.2, 0) is 4.79 Å². The average Bonchev–Trinajstić information content (AvgIpc) is 2.45. The fourth-order valence-electron chi connectivity index (χ4n) is 1.28. The number of amides is 1. The molecule has 120 valence electrons. The van der Waals surface area contributed by atoms with Crippen molar-refractivity contribution in [3.8, 4) is 5.75 Å². The van der Waals surface area contributed by atoms with Crippen molar-refractivity contribution < 1.29 is 22.7 Å². The van der Waals surface area contributed by atoms with Crippen LogP contribution < -0.4 is 26.0 Å². The van der Waals surface area contributed by atoms with Gasteiger partial charge in [0, 0.05) is 6.54 Å². The number of halogens is 3. The summed E-state index contributed by atoms with van der Waals surface area (Å²) in [6, 6.07) is 4.69. The first kappa shape index (κ1) is 17.7. The second-order valence-electron chi connectivity index (χ2n) is 3.75. The number of carbonyl (C=O) groups is 1. The van der Waals surface area contributed by atoms with E-state index in [4.69, 9.17) is 12.2 Å². The normalized spacial score (nSPS) is 10.5. The van der Waals surface area contributed by atoms with Crippen molar-refractivity contribution in [3.05, 3.63) is 36.9 Å². The number of hydrogen-bond acceptors (Lipinski definition) is 4. The molecular weight excluding hydrogens is 321 g/mol. The van der Waals surface area contributed by atoms with E-state index in [0.717, 1.165) is 17.1 Å². The second kappa shape index (κ2) is 8.20. The molecule has 1 aromatic carbocycles. The van der Waals surface area contributed by atoms with E-state index in [1.165, 1.54) is 12.1 Å². The van der Waals surface area contributed by atoms with Crippen LogP contribution in [0.25, 0.3) is 0 Å². The van der Waals surface area contributed by atoms with Gasteiger partial charge < -0.3 is 10.1 Å². The molecule has 0 atom stereocenters. The van der Waals surface area contributed by atoms with E-state index >= 15 is 0 Å². The highest BCUT2D eigenvalue weighted by Gasteiger charge is 2.31. The lowest BCUT2D eigenvalue weighted by atomic mass is 10.3. The van der Waals surface area contributed by atoms with Gasteiger partial charge in [0.2, 0.25) is 6.41 Å². The molecule has 0 saturated carbocycles. The molecule has 0 aromatic heterocycles. The molecule has 0 heterocycles. The van der Waals surface area contributed by atoms with Crippen molar-refractivity contribution in [3.63, 3.8) is 0 Å². The lowest BCUT2D eigenvalue weighted by molar-refractivity contribution is -0.274. The molecule has 10 heteroatoms. The molecule has 1 rings (SSSR count). The summed E-state index contributed by atoms with van der Waals surface area (Å²) in [6.07, 6.45) is -2.76. The van der Waals surface area contributed by atoms with Crippen LogP contribution >= 0.6 is 12.2 Å². The van der Waals surface area contributed by atoms with Crippen molar-refractivity contribution in [2.45, 2.75) is 6.36 Å². The number of anilines is 1. The Bertz CT molecular complexity index is 522. The molecule has 22 heavy (non-hydrogen) atoms. The molecular formula is C12H13F3N4O2S. The molecule has 1 amide bonds. The zero-order valence-corrected chi connectivity index (χ0v) is 12.0. The minimum absolute atomic E-state index is 0.212. The highest BCUT2D eigenvalue weighted by molar-refractivity contribution is 7.80. The highest BCUT2D eigenvalue weighted by atomic mass is 32.1. The molecule has 0 saturated heterocycles. The highest BCUT2D eigenvalue weighted by Crippen LogP contribution is 2.24. The lowest BCUT2D eigenvalue weighted by Crippen LogP contribution is -2.52. The molecule has 0 aliphatic rings. The lowest BCUT2D eigenvalue weighted by Gasteiger charge is -2.20. The number of benzene rings is 1. The largest absolute Gasteiger partial charge is 0.573 e. The quantitative estimate of drug-likeness (QED) is 0.305. The predicted molar refractivity (Wildman–Crippen MR) is 78.7 cm³/mol. The maximum atomic E-state index is 12.0. The van der Waals surface area contributed by atoms with Crippen molar-refractivity contribution in [1.29, 1.82) is 0 Å². The van der Waals surface area contributed by atoms with Gasteiger partial charge in [-0.1, -0.05) is 6.08 Å². The summed E-state index contributed by atoms with van der Waals surface area (Å²) in [4.78, 5) is 11.0. The second-order valence-corrected chi connectivity index (χ2v) is 4.16. The summed E-state index contributed by atoms with van der Waals surface area (Å²) in [7, 11) is 0. The van der Waals surface area contributed by atoms with Crippen LogP contribution in [-0.4, -0.2) is 24.4 Å². The number of rotatable bonds is 7. The smallest absolute Gasteiger partial charge is 0.406 e. The zero-order chi connectivity index (χ0) is 16.6. The van der Waals surface area contributed by atoms with E-state index in [-0.39, 0.29) is 10.8 Å². The van der Waals surface area contributed by atoms with E-state index in [1.54, 1.807) is 6.08 Å². The monoisotopic (exact) mass is 334 g/mol. The summed E-state index contributed by atoms with van der Waals surface area (Å²) in [5.41, 5.74) is 5.28. The molecule has 0 unspecified atom stereocenters. The van der Waals surface area contributed by atoms with E-state index in [0.29, 0.717) is 13.0 Å². The number of carbonyl (C=O) groups excluding carboxylic acids is 1. The molecule has 0 bridgehead atoms. The van der Waals surface area contributed by atoms with Crippen LogP contribution in [0.2, 0.25) is 0 Å². The van der Waals surface area contributed by atoms with Gasteiger partial charge in [-0.05, 0) is 36.5 Å². The minimum atomic E-state index is -4.77. The first-order chi connectivity index (χ1) is 10.4. The molecule has 0 fully saturated rings. The molecule has 0 aliphatic heterocycles. The maximum absolute atomic E-state index is 12.0. The topological polar surface area (TPSA) is 65.6 Å². The fraction of sp³-hybridized carbons (Fsp3) is 0.167. The number of alkyl halides is 3.